The number of para-hydroxylation sites is 1. The second-order valence-corrected chi connectivity index (χ2v) is 6.91. The van der Waals surface area contributed by atoms with E-state index in [-0.39, 0.29) is 5.91 Å². The highest BCUT2D eigenvalue weighted by Crippen LogP contribution is 2.36. The third-order valence-corrected chi connectivity index (χ3v) is 5.21. The molecule has 1 fully saturated rings. The van der Waals surface area contributed by atoms with E-state index in [2.05, 4.69) is 24.5 Å². The number of benzene rings is 1. The first kappa shape index (κ1) is 15.1. The van der Waals surface area contributed by atoms with Gasteiger partial charge in [-0.05, 0) is 43.7 Å². The first-order valence-corrected chi connectivity index (χ1v) is 8.17. The van der Waals surface area contributed by atoms with Crippen molar-refractivity contribution in [2.45, 2.75) is 13.8 Å². The Morgan fingerprint density at radius 2 is 1.86 bits per heavy atom. The van der Waals surface area contributed by atoms with Gasteiger partial charge in [0.05, 0.1) is 10.6 Å². The number of amides is 1. The van der Waals surface area contributed by atoms with Gasteiger partial charge in [0, 0.05) is 18.4 Å². The minimum atomic E-state index is -0.0536. The van der Waals surface area contributed by atoms with E-state index in [4.69, 9.17) is 12.2 Å². The zero-order valence-electron chi connectivity index (χ0n) is 12.7. The second-order valence-electron chi connectivity index (χ2n) is 5.24. The summed E-state index contributed by atoms with van der Waals surface area (Å²) in [5, 5.41) is 0. The third-order valence-electron chi connectivity index (χ3n) is 3.91. The van der Waals surface area contributed by atoms with Crippen molar-refractivity contribution >= 4 is 46.0 Å². The van der Waals surface area contributed by atoms with Gasteiger partial charge < -0.3 is 4.57 Å². The number of hydrogen-bond donors (Lipinski definition) is 0. The molecule has 0 bridgehead atoms. The van der Waals surface area contributed by atoms with E-state index in [9.17, 15) is 4.79 Å². The van der Waals surface area contributed by atoms with Crippen molar-refractivity contribution in [2.75, 3.05) is 4.90 Å². The number of anilines is 1. The Kier molecular flexibility index (Phi) is 3.93. The lowest BCUT2D eigenvalue weighted by molar-refractivity contribution is -0.113. The zero-order chi connectivity index (χ0) is 15.9. The van der Waals surface area contributed by atoms with Crippen LogP contribution < -0.4 is 4.90 Å². The molecule has 0 aliphatic carbocycles. The summed E-state index contributed by atoms with van der Waals surface area (Å²) in [6, 6.07) is 11.6. The molecule has 1 saturated heterocycles. The van der Waals surface area contributed by atoms with Crippen molar-refractivity contribution in [3.63, 3.8) is 0 Å². The molecule has 1 aliphatic heterocycles. The molecule has 0 saturated carbocycles. The Hall–Kier alpha value is -1.85. The summed E-state index contributed by atoms with van der Waals surface area (Å²) in [5.74, 6) is -0.0536. The number of rotatable bonds is 2. The van der Waals surface area contributed by atoms with E-state index in [0.717, 1.165) is 16.9 Å². The number of carbonyl (C=O) groups is 1. The number of aryl methyl sites for hydroxylation is 1. The highest BCUT2D eigenvalue weighted by Gasteiger charge is 2.33. The van der Waals surface area contributed by atoms with Gasteiger partial charge in [-0.15, -0.1) is 0 Å². The summed E-state index contributed by atoms with van der Waals surface area (Å²) in [5.41, 5.74) is 4.19. The highest BCUT2D eigenvalue weighted by molar-refractivity contribution is 8.27. The largest absolute Gasteiger partial charge is 0.352 e. The number of thiocarbonyl (C=S) groups is 1. The molecule has 0 N–H and O–H groups in total. The van der Waals surface area contributed by atoms with E-state index >= 15 is 0 Å². The van der Waals surface area contributed by atoms with E-state index in [1.807, 2.05) is 43.5 Å². The van der Waals surface area contributed by atoms with Crippen LogP contribution in [0.4, 0.5) is 5.69 Å². The van der Waals surface area contributed by atoms with Gasteiger partial charge in [-0.3, -0.25) is 9.69 Å². The van der Waals surface area contributed by atoms with Crippen molar-refractivity contribution in [3.8, 4) is 0 Å². The predicted molar refractivity (Wildman–Crippen MR) is 97.0 cm³/mol. The number of nitrogens with zero attached hydrogens (tertiary/aromatic N) is 2. The molecule has 112 valence electrons. The zero-order valence-corrected chi connectivity index (χ0v) is 14.3. The second kappa shape index (κ2) is 5.74. The maximum Gasteiger partial charge on any atom is 0.270 e. The minimum absolute atomic E-state index is 0.0536. The van der Waals surface area contributed by atoms with E-state index in [1.165, 1.54) is 17.5 Å². The Bertz CT molecular complexity index is 790. The molecular weight excluding hydrogens is 312 g/mol. The van der Waals surface area contributed by atoms with Crippen molar-refractivity contribution in [1.82, 2.24) is 4.57 Å². The predicted octanol–water partition coefficient (Wildman–Crippen LogP) is 4.05. The van der Waals surface area contributed by atoms with Crippen LogP contribution in [-0.4, -0.2) is 14.8 Å². The molecule has 1 amide bonds. The fourth-order valence-corrected chi connectivity index (χ4v) is 3.73. The Morgan fingerprint density at radius 3 is 2.45 bits per heavy atom. The minimum Gasteiger partial charge on any atom is -0.352 e. The molecule has 3 rings (SSSR count). The van der Waals surface area contributed by atoms with Gasteiger partial charge in [0.25, 0.3) is 5.91 Å². The molecular formula is C17H16N2OS2. The Morgan fingerprint density at radius 1 is 1.18 bits per heavy atom. The molecule has 22 heavy (non-hydrogen) atoms. The van der Waals surface area contributed by atoms with Crippen molar-refractivity contribution in [1.29, 1.82) is 0 Å². The maximum absolute atomic E-state index is 12.7. The summed E-state index contributed by atoms with van der Waals surface area (Å²) in [6.07, 6.45) is 1.94. The van der Waals surface area contributed by atoms with Gasteiger partial charge in [0.15, 0.2) is 4.32 Å². The van der Waals surface area contributed by atoms with Crippen LogP contribution in [0.3, 0.4) is 0 Å². The molecule has 1 aromatic carbocycles. The molecule has 0 spiro atoms. The standard InChI is InChI=1S/C17H16N2OS2/c1-11-9-13(12(2)18(11)3)10-15-16(20)19(17(21)22-15)14-7-5-4-6-8-14/h4-10H,1-3H3. The summed E-state index contributed by atoms with van der Waals surface area (Å²) >= 11 is 6.73. The van der Waals surface area contributed by atoms with Crippen molar-refractivity contribution in [2.24, 2.45) is 7.05 Å². The lowest BCUT2D eigenvalue weighted by Gasteiger charge is -2.13. The van der Waals surface area contributed by atoms with E-state index in [0.29, 0.717) is 9.23 Å². The number of aromatic nitrogens is 1. The Labute approximate surface area is 139 Å². The third kappa shape index (κ3) is 2.51. The van der Waals surface area contributed by atoms with Crippen LogP contribution in [-0.2, 0) is 11.8 Å². The molecule has 2 heterocycles. The van der Waals surface area contributed by atoms with Gasteiger partial charge >= 0.3 is 0 Å². The van der Waals surface area contributed by atoms with E-state index < -0.39 is 0 Å². The average molecular weight is 328 g/mol. The van der Waals surface area contributed by atoms with Crippen LogP contribution in [0.2, 0.25) is 0 Å². The van der Waals surface area contributed by atoms with Crippen LogP contribution in [0.1, 0.15) is 17.0 Å². The number of carbonyl (C=O) groups excluding carboxylic acids is 1. The lowest BCUT2D eigenvalue weighted by Crippen LogP contribution is -2.27. The normalized spacial score (nSPS) is 16.9. The number of hydrogen-bond acceptors (Lipinski definition) is 3. The first-order chi connectivity index (χ1) is 10.5. The monoisotopic (exact) mass is 328 g/mol. The maximum atomic E-state index is 12.7. The van der Waals surface area contributed by atoms with Gasteiger partial charge in [-0.2, -0.15) is 0 Å². The van der Waals surface area contributed by atoms with Gasteiger partial charge in [-0.1, -0.05) is 42.2 Å². The molecule has 2 aromatic rings. The molecule has 3 nitrogen and oxygen atoms in total. The molecule has 0 unspecified atom stereocenters. The van der Waals surface area contributed by atoms with E-state index in [1.54, 1.807) is 4.90 Å². The van der Waals surface area contributed by atoms with Crippen LogP contribution in [0.15, 0.2) is 41.3 Å². The molecule has 1 aromatic heterocycles. The molecule has 1 aliphatic rings. The molecule has 5 heteroatoms. The summed E-state index contributed by atoms with van der Waals surface area (Å²) < 4.78 is 2.69. The van der Waals surface area contributed by atoms with Gasteiger partial charge in [-0.25, -0.2) is 0 Å². The smallest absolute Gasteiger partial charge is 0.270 e. The quantitative estimate of drug-likeness (QED) is 0.614. The van der Waals surface area contributed by atoms with Crippen LogP contribution in [0.5, 0.6) is 0 Å². The highest BCUT2D eigenvalue weighted by atomic mass is 32.2. The fraction of sp³-hybridized carbons (Fsp3) is 0.176. The van der Waals surface area contributed by atoms with Crippen LogP contribution in [0.25, 0.3) is 6.08 Å². The summed E-state index contributed by atoms with van der Waals surface area (Å²) in [6.45, 7) is 4.11. The van der Waals surface area contributed by atoms with Crippen molar-refractivity contribution < 1.29 is 4.79 Å². The number of thioether (sulfide) groups is 1. The SMILES string of the molecule is Cc1cc(C=C2SC(=S)N(c3ccccc3)C2=O)c(C)n1C. The summed E-state index contributed by atoms with van der Waals surface area (Å²) in [7, 11) is 2.02. The fourth-order valence-electron chi connectivity index (χ4n) is 2.44. The van der Waals surface area contributed by atoms with Gasteiger partial charge in [0.2, 0.25) is 0 Å². The summed E-state index contributed by atoms with van der Waals surface area (Å²) in [4.78, 5) is 14.9. The topological polar surface area (TPSA) is 25.2 Å². The molecule has 0 atom stereocenters. The Balaban J connectivity index is 1.97. The van der Waals surface area contributed by atoms with Crippen LogP contribution >= 0.6 is 24.0 Å². The average Bonchev–Trinajstić information content (AvgIpc) is 2.92. The van der Waals surface area contributed by atoms with Crippen molar-refractivity contribution in [3.05, 3.63) is 58.3 Å². The molecule has 0 radical (unpaired) electrons. The lowest BCUT2D eigenvalue weighted by atomic mass is 10.2. The van der Waals surface area contributed by atoms with Gasteiger partial charge in [0.1, 0.15) is 0 Å². The van der Waals surface area contributed by atoms with Crippen LogP contribution in [0, 0.1) is 13.8 Å². The first-order valence-electron chi connectivity index (χ1n) is 6.95.